The number of fused-ring (bicyclic) bond motifs is 1. The molecule has 1 nitrogen and oxygen atoms in total. The second-order valence-corrected chi connectivity index (χ2v) is 2.61. The van der Waals surface area contributed by atoms with Crippen molar-refractivity contribution in [2.75, 3.05) is 0 Å². The molecule has 2 rings (SSSR count). The van der Waals surface area contributed by atoms with E-state index in [4.69, 9.17) is 0 Å². The Morgan fingerprint density at radius 2 is 1.69 bits per heavy atom. The summed E-state index contributed by atoms with van der Waals surface area (Å²) in [5, 5.41) is -0.0126. The Balaban J connectivity index is 2.87. The fourth-order valence-corrected chi connectivity index (χ4v) is 1.13. The number of aromatic nitrogens is 1. The largest absolute Gasteiger partial charge is 0.253 e. The van der Waals surface area contributed by atoms with Crippen LogP contribution in [0.4, 0.5) is 13.2 Å². The number of benzene rings is 1. The van der Waals surface area contributed by atoms with E-state index in [-0.39, 0.29) is 10.9 Å². The molecular weight excluding hydrogens is 179 g/mol. The lowest BCUT2D eigenvalue weighted by Gasteiger charge is -1.98. The first-order chi connectivity index (χ1) is 6.16. The van der Waals surface area contributed by atoms with Crippen LogP contribution in [0.25, 0.3) is 10.9 Å². The summed E-state index contributed by atoms with van der Waals surface area (Å²) in [4.78, 5) is 3.55. The van der Waals surface area contributed by atoms with Gasteiger partial charge in [-0.15, -0.1) is 0 Å². The minimum absolute atomic E-state index is 0.0126. The van der Waals surface area contributed by atoms with E-state index in [1.54, 1.807) is 0 Å². The van der Waals surface area contributed by atoms with Gasteiger partial charge in [0.25, 0.3) is 0 Å². The summed E-state index contributed by atoms with van der Waals surface area (Å²) in [5.41, 5.74) is 0.110. The maximum atomic E-state index is 13.0. The Kier molecular flexibility index (Phi) is 1.69. The molecule has 0 fully saturated rings. The molecule has 1 aromatic carbocycles. The van der Waals surface area contributed by atoms with Crippen LogP contribution in [0.3, 0.4) is 0 Å². The van der Waals surface area contributed by atoms with E-state index in [1.165, 1.54) is 0 Å². The number of halogens is 3. The van der Waals surface area contributed by atoms with Crippen molar-refractivity contribution >= 4 is 10.9 Å². The van der Waals surface area contributed by atoms with Gasteiger partial charge in [-0.2, -0.15) is 0 Å². The highest BCUT2D eigenvalue weighted by atomic mass is 19.1. The molecule has 4 heteroatoms. The molecule has 0 saturated heterocycles. The Bertz CT molecular complexity index is 468. The zero-order chi connectivity index (χ0) is 9.42. The van der Waals surface area contributed by atoms with Crippen LogP contribution in [0.2, 0.25) is 0 Å². The zero-order valence-electron chi connectivity index (χ0n) is 6.39. The van der Waals surface area contributed by atoms with E-state index < -0.39 is 17.5 Å². The summed E-state index contributed by atoms with van der Waals surface area (Å²) < 4.78 is 38.2. The number of rotatable bonds is 0. The standard InChI is InChI=1S/C9H4F3N/c10-5-2-8(12)7-1-6(11)4-13-9(7)3-5/h1-4H. The third-order valence-corrected chi connectivity index (χ3v) is 1.68. The van der Waals surface area contributed by atoms with Gasteiger partial charge < -0.3 is 0 Å². The molecule has 0 aliphatic rings. The first-order valence-corrected chi connectivity index (χ1v) is 3.57. The van der Waals surface area contributed by atoms with Gasteiger partial charge in [-0.3, -0.25) is 4.98 Å². The van der Waals surface area contributed by atoms with Crippen molar-refractivity contribution in [1.29, 1.82) is 0 Å². The van der Waals surface area contributed by atoms with Crippen molar-refractivity contribution in [2.24, 2.45) is 0 Å². The van der Waals surface area contributed by atoms with Crippen molar-refractivity contribution in [1.82, 2.24) is 4.98 Å². The molecule has 13 heavy (non-hydrogen) atoms. The molecule has 0 saturated carbocycles. The molecule has 1 heterocycles. The van der Waals surface area contributed by atoms with Crippen LogP contribution in [0.1, 0.15) is 0 Å². The van der Waals surface area contributed by atoms with Gasteiger partial charge >= 0.3 is 0 Å². The lowest BCUT2D eigenvalue weighted by Crippen LogP contribution is -1.87. The van der Waals surface area contributed by atoms with Crippen LogP contribution < -0.4 is 0 Å². The van der Waals surface area contributed by atoms with Crippen LogP contribution in [0.15, 0.2) is 24.4 Å². The molecule has 1 aromatic heterocycles. The van der Waals surface area contributed by atoms with Crippen molar-refractivity contribution in [2.45, 2.75) is 0 Å². The average Bonchev–Trinajstić information content (AvgIpc) is 2.06. The maximum absolute atomic E-state index is 13.0. The molecule has 0 aliphatic heterocycles. The second-order valence-electron chi connectivity index (χ2n) is 2.61. The molecule has 0 radical (unpaired) electrons. The van der Waals surface area contributed by atoms with Crippen LogP contribution in [-0.4, -0.2) is 4.98 Å². The predicted octanol–water partition coefficient (Wildman–Crippen LogP) is 2.65. The zero-order valence-corrected chi connectivity index (χ0v) is 6.39. The molecule has 0 bridgehead atoms. The molecule has 0 amide bonds. The highest BCUT2D eigenvalue weighted by Gasteiger charge is 2.05. The summed E-state index contributed by atoms with van der Waals surface area (Å²) >= 11 is 0. The van der Waals surface area contributed by atoms with Gasteiger partial charge in [-0.05, 0) is 6.07 Å². The monoisotopic (exact) mass is 183 g/mol. The Morgan fingerprint density at radius 1 is 0.923 bits per heavy atom. The topological polar surface area (TPSA) is 12.9 Å². The Hall–Kier alpha value is -1.58. The number of nitrogens with zero attached hydrogens (tertiary/aromatic N) is 1. The fraction of sp³-hybridized carbons (Fsp3) is 0. The van der Waals surface area contributed by atoms with E-state index in [1.807, 2.05) is 0 Å². The first kappa shape index (κ1) is 8.04. The van der Waals surface area contributed by atoms with Crippen LogP contribution >= 0.6 is 0 Å². The molecule has 0 aliphatic carbocycles. The Morgan fingerprint density at radius 3 is 2.46 bits per heavy atom. The van der Waals surface area contributed by atoms with Gasteiger partial charge in [0.1, 0.15) is 17.5 Å². The molecule has 0 unspecified atom stereocenters. The predicted molar refractivity (Wildman–Crippen MR) is 41.6 cm³/mol. The van der Waals surface area contributed by atoms with E-state index in [2.05, 4.69) is 4.98 Å². The van der Waals surface area contributed by atoms with Crippen molar-refractivity contribution in [3.05, 3.63) is 41.8 Å². The molecule has 66 valence electrons. The van der Waals surface area contributed by atoms with E-state index >= 15 is 0 Å². The highest BCUT2D eigenvalue weighted by Crippen LogP contribution is 2.17. The smallest absolute Gasteiger partial charge is 0.142 e. The summed E-state index contributed by atoms with van der Waals surface area (Å²) in [6, 6.07) is 2.73. The third-order valence-electron chi connectivity index (χ3n) is 1.68. The lowest BCUT2D eigenvalue weighted by molar-refractivity contribution is 0.588. The summed E-state index contributed by atoms with van der Waals surface area (Å²) in [7, 11) is 0. The van der Waals surface area contributed by atoms with E-state index in [0.29, 0.717) is 6.07 Å². The highest BCUT2D eigenvalue weighted by molar-refractivity contribution is 5.78. The summed E-state index contributed by atoms with van der Waals surface area (Å²) in [6.45, 7) is 0. The van der Waals surface area contributed by atoms with Crippen molar-refractivity contribution in [3.63, 3.8) is 0 Å². The number of hydrogen-bond donors (Lipinski definition) is 0. The number of hydrogen-bond acceptors (Lipinski definition) is 1. The summed E-state index contributed by atoms with van der Waals surface area (Å²) in [5.74, 6) is -2.16. The second kappa shape index (κ2) is 2.73. The van der Waals surface area contributed by atoms with E-state index in [9.17, 15) is 13.2 Å². The SMILES string of the molecule is Fc1cc(F)c2cc(F)cnc2c1. The van der Waals surface area contributed by atoms with Gasteiger partial charge in [0.2, 0.25) is 0 Å². The van der Waals surface area contributed by atoms with Gasteiger partial charge in [0.05, 0.1) is 11.7 Å². The molecular formula is C9H4F3N. The molecule has 0 atom stereocenters. The van der Waals surface area contributed by atoms with Crippen LogP contribution in [-0.2, 0) is 0 Å². The van der Waals surface area contributed by atoms with Crippen LogP contribution in [0.5, 0.6) is 0 Å². The minimum atomic E-state index is -0.804. The van der Waals surface area contributed by atoms with Crippen molar-refractivity contribution < 1.29 is 13.2 Å². The Labute approximate surface area is 71.8 Å². The third kappa shape index (κ3) is 1.35. The molecule has 2 aromatic rings. The average molecular weight is 183 g/mol. The fourth-order valence-electron chi connectivity index (χ4n) is 1.13. The maximum Gasteiger partial charge on any atom is 0.142 e. The number of pyridine rings is 1. The van der Waals surface area contributed by atoms with Crippen LogP contribution in [0, 0.1) is 17.5 Å². The first-order valence-electron chi connectivity index (χ1n) is 3.57. The molecule has 0 N–H and O–H groups in total. The van der Waals surface area contributed by atoms with E-state index in [0.717, 1.165) is 18.3 Å². The van der Waals surface area contributed by atoms with Crippen molar-refractivity contribution in [3.8, 4) is 0 Å². The summed E-state index contributed by atoms with van der Waals surface area (Å²) in [6.07, 6.45) is 0.918. The minimum Gasteiger partial charge on any atom is -0.253 e. The van der Waals surface area contributed by atoms with Gasteiger partial charge in [-0.25, -0.2) is 13.2 Å². The van der Waals surface area contributed by atoms with Gasteiger partial charge in [0, 0.05) is 17.5 Å². The van der Waals surface area contributed by atoms with Gasteiger partial charge in [-0.1, -0.05) is 0 Å². The lowest BCUT2D eigenvalue weighted by atomic mass is 10.2. The van der Waals surface area contributed by atoms with Gasteiger partial charge in [0.15, 0.2) is 0 Å². The normalized spacial score (nSPS) is 10.7. The quantitative estimate of drug-likeness (QED) is 0.611. The molecule has 0 spiro atoms.